The monoisotopic (exact) mass is 332 g/mol. The van der Waals surface area contributed by atoms with Crippen molar-refractivity contribution in [3.8, 4) is 0 Å². The van der Waals surface area contributed by atoms with Crippen molar-refractivity contribution in [1.29, 1.82) is 0 Å². The number of benzene rings is 1. The van der Waals surface area contributed by atoms with Crippen LogP contribution in [-0.2, 0) is 6.18 Å². The van der Waals surface area contributed by atoms with Crippen molar-refractivity contribution in [2.24, 2.45) is 0 Å². The fourth-order valence-corrected chi connectivity index (χ4v) is 1.24. The molecule has 0 aliphatic carbocycles. The predicted octanol–water partition coefficient (Wildman–Crippen LogP) is 3.95. The first kappa shape index (κ1) is 11.8. The molecule has 0 saturated carbocycles. The summed E-state index contributed by atoms with van der Waals surface area (Å²) >= 11 is 5.97. The second-order valence-electron chi connectivity index (χ2n) is 2.42. The van der Waals surface area contributed by atoms with Crippen molar-refractivity contribution in [3.05, 3.63) is 29.8 Å². The summed E-state index contributed by atoms with van der Waals surface area (Å²) in [4.78, 5) is 0. The first-order chi connectivity index (χ1) is 6.39. The molecule has 1 aromatic carbocycles. The maximum atomic E-state index is 12.1. The van der Waals surface area contributed by atoms with E-state index in [-0.39, 0.29) is 0 Å². The minimum atomic E-state index is -4.29. The smallest absolute Gasteiger partial charge is 0.299 e. The standard InChI is InChI=1S/C7H5Br2F3N2/c8-14(9)13-6-3-1-5(2-4-6)7(10,11)12/h1-4,13H. The van der Waals surface area contributed by atoms with Crippen LogP contribution in [0.5, 0.6) is 0 Å². The summed E-state index contributed by atoms with van der Waals surface area (Å²) in [6.07, 6.45) is -4.29. The number of nitrogens with zero attached hydrogens (tertiary/aromatic N) is 1. The maximum Gasteiger partial charge on any atom is 0.416 e. The van der Waals surface area contributed by atoms with Crippen molar-refractivity contribution >= 4 is 38.0 Å². The van der Waals surface area contributed by atoms with E-state index in [1.807, 2.05) is 0 Å². The molecule has 0 aliphatic rings. The fraction of sp³-hybridized carbons (Fsp3) is 0.143. The molecule has 0 aliphatic heterocycles. The molecule has 1 rings (SSSR count). The molecule has 1 N–H and O–H groups in total. The number of hydrogen-bond acceptors (Lipinski definition) is 2. The zero-order chi connectivity index (χ0) is 10.8. The van der Waals surface area contributed by atoms with E-state index in [0.717, 1.165) is 12.1 Å². The van der Waals surface area contributed by atoms with Gasteiger partial charge in [0, 0.05) is 32.3 Å². The summed E-state index contributed by atoms with van der Waals surface area (Å²) in [6.45, 7) is 0. The van der Waals surface area contributed by atoms with E-state index in [1.165, 1.54) is 15.2 Å². The normalized spacial score (nSPS) is 11.9. The second-order valence-corrected chi connectivity index (χ2v) is 4.79. The van der Waals surface area contributed by atoms with Gasteiger partial charge in [0.1, 0.15) is 0 Å². The van der Waals surface area contributed by atoms with Crippen LogP contribution in [-0.4, -0.2) is 3.06 Å². The summed E-state index contributed by atoms with van der Waals surface area (Å²) in [7, 11) is 0. The number of rotatable bonds is 2. The Hall–Kier alpha value is -0.270. The molecule has 0 fully saturated rings. The lowest BCUT2D eigenvalue weighted by Gasteiger charge is -2.10. The van der Waals surface area contributed by atoms with Crippen LogP contribution >= 0.6 is 32.3 Å². The Morgan fingerprint density at radius 3 is 1.93 bits per heavy atom. The summed E-state index contributed by atoms with van der Waals surface area (Å²) in [6, 6.07) is 4.67. The Morgan fingerprint density at radius 1 is 1.07 bits per heavy atom. The molecule has 0 unspecified atom stereocenters. The molecule has 0 radical (unpaired) electrons. The van der Waals surface area contributed by atoms with Gasteiger partial charge in [-0.1, -0.05) is 3.06 Å². The van der Waals surface area contributed by atoms with Crippen LogP contribution in [0.3, 0.4) is 0 Å². The van der Waals surface area contributed by atoms with E-state index >= 15 is 0 Å². The van der Waals surface area contributed by atoms with E-state index in [1.54, 1.807) is 0 Å². The number of alkyl halides is 3. The molecule has 2 nitrogen and oxygen atoms in total. The van der Waals surface area contributed by atoms with Gasteiger partial charge in [0.15, 0.2) is 0 Å². The van der Waals surface area contributed by atoms with Crippen LogP contribution in [0.15, 0.2) is 24.3 Å². The third-order valence-corrected chi connectivity index (χ3v) is 1.78. The van der Waals surface area contributed by atoms with Gasteiger partial charge < -0.3 is 0 Å². The SMILES string of the molecule is FC(F)(F)c1ccc(NN(Br)Br)cc1. The molecule has 0 bridgehead atoms. The minimum Gasteiger partial charge on any atom is -0.299 e. The average molecular weight is 334 g/mol. The molecule has 1 aromatic rings. The van der Waals surface area contributed by atoms with Crippen LogP contribution in [0.25, 0.3) is 0 Å². The highest BCUT2D eigenvalue weighted by Gasteiger charge is 2.29. The third kappa shape index (κ3) is 3.47. The summed E-state index contributed by atoms with van der Waals surface area (Å²) in [5.41, 5.74) is 2.55. The Bertz CT molecular complexity index is 297. The van der Waals surface area contributed by atoms with Crippen LogP contribution in [0.1, 0.15) is 5.56 Å². The predicted molar refractivity (Wildman–Crippen MR) is 54.8 cm³/mol. The van der Waals surface area contributed by atoms with Crippen LogP contribution in [0, 0.1) is 0 Å². The van der Waals surface area contributed by atoms with E-state index in [9.17, 15) is 13.2 Å². The van der Waals surface area contributed by atoms with Gasteiger partial charge >= 0.3 is 6.18 Å². The van der Waals surface area contributed by atoms with Crippen molar-refractivity contribution < 1.29 is 13.2 Å². The first-order valence-corrected chi connectivity index (χ1v) is 4.87. The Balaban J connectivity index is 2.79. The topological polar surface area (TPSA) is 15.3 Å². The maximum absolute atomic E-state index is 12.1. The summed E-state index contributed by atoms with van der Waals surface area (Å²) in [5.74, 6) is 0. The molecular formula is C7H5Br2F3N2. The number of nitrogens with one attached hydrogen (secondary N) is 1. The van der Waals surface area contributed by atoms with Crippen LogP contribution in [0.4, 0.5) is 18.9 Å². The fourth-order valence-electron chi connectivity index (χ4n) is 0.831. The number of hydrazine groups is 1. The molecule has 0 saturated heterocycles. The Labute approximate surface area is 95.7 Å². The highest BCUT2D eigenvalue weighted by atomic mass is 79.9. The van der Waals surface area contributed by atoms with Gasteiger partial charge in [-0.2, -0.15) is 13.2 Å². The number of anilines is 1. The molecule has 7 heteroatoms. The lowest BCUT2D eigenvalue weighted by molar-refractivity contribution is -0.137. The van der Waals surface area contributed by atoms with Gasteiger partial charge in [-0.05, 0) is 24.3 Å². The zero-order valence-electron chi connectivity index (χ0n) is 6.65. The van der Waals surface area contributed by atoms with Gasteiger partial charge in [-0.15, -0.1) is 0 Å². The first-order valence-electron chi connectivity index (χ1n) is 3.45. The highest BCUT2D eigenvalue weighted by molar-refractivity contribution is 9.21. The molecule has 0 aromatic heterocycles. The largest absolute Gasteiger partial charge is 0.416 e. The molecule has 0 atom stereocenters. The van der Waals surface area contributed by atoms with Crippen molar-refractivity contribution in [3.63, 3.8) is 0 Å². The van der Waals surface area contributed by atoms with Gasteiger partial charge in [-0.25, -0.2) is 0 Å². The summed E-state index contributed by atoms with van der Waals surface area (Å²) < 4.78 is 37.7. The van der Waals surface area contributed by atoms with Gasteiger partial charge in [0.25, 0.3) is 0 Å². The lowest BCUT2D eigenvalue weighted by atomic mass is 10.2. The highest BCUT2D eigenvalue weighted by Crippen LogP contribution is 2.30. The van der Waals surface area contributed by atoms with Crippen molar-refractivity contribution in [2.45, 2.75) is 6.18 Å². The zero-order valence-corrected chi connectivity index (χ0v) is 9.82. The van der Waals surface area contributed by atoms with Crippen LogP contribution in [0.2, 0.25) is 0 Å². The quantitative estimate of drug-likeness (QED) is 0.651. The van der Waals surface area contributed by atoms with E-state index < -0.39 is 11.7 Å². The Kier molecular flexibility index (Phi) is 3.79. The summed E-state index contributed by atoms with van der Waals surface area (Å²) in [5, 5.41) is 0. The van der Waals surface area contributed by atoms with Gasteiger partial charge in [-0.3, -0.25) is 5.43 Å². The molecule has 14 heavy (non-hydrogen) atoms. The lowest BCUT2D eigenvalue weighted by Crippen LogP contribution is -2.08. The van der Waals surface area contributed by atoms with E-state index in [0.29, 0.717) is 5.69 Å². The number of halogens is 5. The Morgan fingerprint density at radius 2 is 1.57 bits per heavy atom. The van der Waals surface area contributed by atoms with Gasteiger partial charge in [0.2, 0.25) is 0 Å². The molecular weight excluding hydrogens is 329 g/mol. The van der Waals surface area contributed by atoms with E-state index in [4.69, 9.17) is 0 Å². The average Bonchev–Trinajstić information content (AvgIpc) is 2.02. The third-order valence-electron chi connectivity index (χ3n) is 1.43. The molecule has 0 amide bonds. The molecule has 78 valence electrons. The van der Waals surface area contributed by atoms with E-state index in [2.05, 4.69) is 37.7 Å². The number of hydrogen-bond donors (Lipinski definition) is 1. The molecule has 0 spiro atoms. The van der Waals surface area contributed by atoms with Crippen molar-refractivity contribution in [1.82, 2.24) is 3.06 Å². The second kappa shape index (κ2) is 4.50. The van der Waals surface area contributed by atoms with Crippen molar-refractivity contribution in [2.75, 3.05) is 5.43 Å². The van der Waals surface area contributed by atoms with Crippen LogP contribution < -0.4 is 5.43 Å². The van der Waals surface area contributed by atoms with Gasteiger partial charge in [0.05, 0.1) is 11.3 Å². The molecule has 0 heterocycles. The minimum absolute atomic E-state index is 0.534.